The summed E-state index contributed by atoms with van der Waals surface area (Å²) in [6.45, 7) is 0.992. The molecular weight excluding hydrogens is 242 g/mol. The van der Waals surface area contributed by atoms with E-state index < -0.39 is 0 Å². The van der Waals surface area contributed by atoms with Gasteiger partial charge in [0.1, 0.15) is 5.82 Å². The van der Waals surface area contributed by atoms with Crippen molar-refractivity contribution in [2.45, 2.75) is 49.3 Å². The molecule has 2 fully saturated rings. The van der Waals surface area contributed by atoms with Crippen LogP contribution in [0.25, 0.3) is 0 Å². The molecular formula is C11H16ClN3S. The lowest BCUT2D eigenvalue weighted by atomic mass is 9.84. The molecule has 2 aliphatic rings. The van der Waals surface area contributed by atoms with Gasteiger partial charge in [-0.15, -0.1) is 10.2 Å². The van der Waals surface area contributed by atoms with E-state index in [1.807, 2.05) is 11.8 Å². The topological polar surface area (TPSA) is 30.7 Å². The molecule has 88 valence electrons. The van der Waals surface area contributed by atoms with Crippen LogP contribution < -0.4 is 0 Å². The lowest BCUT2D eigenvalue weighted by Gasteiger charge is -2.40. The highest BCUT2D eigenvalue weighted by Crippen LogP contribution is 2.46. The minimum absolute atomic E-state index is 0.398. The molecule has 0 amide bonds. The highest BCUT2D eigenvalue weighted by atomic mass is 35.5. The second-order valence-corrected chi connectivity index (χ2v) is 6.54. The number of hydrogen-bond acceptors (Lipinski definition) is 3. The third-order valence-corrected chi connectivity index (χ3v) is 5.50. The van der Waals surface area contributed by atoms with Gasteiger partial charge in [0, 0.05) is 17.2 Å². The molecule has 5 heteroatoms. The van der Waals surface area contributed by atoms with Gasteiger partial charge < -0.3 is 4.57 Å². The first kappa shape index (κ1) is 10.9. The Morgan fingerprint density at radius 3 is 2.69 bits per heavy atom. The van der Waals surface area contributed by atoms with Gasteiger partial charge in [0.25, 0.3) is 0 Å². The zero-order valence-corrected chi connectivity index (χ0v) is 11.0. The molecule has 3 rings (SSSR count). The normalized spacial score (nSPS) is 23.1. The minimum atomic E-state index is 0.398. The summed E-state index contributed by atoms with van der Waals surface area (Å²) in [5.41, 5.74) is 0. The Bertz CT molecular complexity index is 390. The summed E-state index contributed by atoms with van der Waals surface area (Å²) >= 11 is 8.11. The Balaban J connectivity index is 1.84. The van der Waals surface area contributed by atoms with Gasteiger partial charge in [0.2, 0.25) is 5.28 Å². The molecule has 0 aromatic carbocycles. The average Bonchev–Trinajstić information content (AvgIpc) is 2.99. The van der Waals surface area contributed by atoms with Crippen LogP contribution in [0, 0.1) is 0 Å². The maximum atomic E-state index is 6.14. The molecule has 0 radical (unpaired) electrons. The van der Waals surface area contributed by atoms with E-state index in [0.29, 0.717) is 15.9 Å². The SMILES string of the molecule is CSC1(Cn2c(Cl)nnc2C2CC2)CCC1. The van der Waals surface area contributed by atoms with E-state index in [1.54, 1.807) is 0 Å². The van der Waals surface area contributed by atoms with Crippen LogP contribution in [0.3, 0.4) is 0 Å². The van der Waals surface area contributed by atoms with Crippen LogP contribution >= 0.6 is 23.4 Å². The molecule has 0 atom stereocenters. The molecule has 0 saturated heterocycles. The van der Waals surface area contributed by atoms with Crippen molar-refractivity contribution in [3.8, 4) is 0 Å². The molecule has 0 spiro atoms. The summed E-state index contributed by atoms with van der Waals surface area (Å²) in [5, 5.41) is 8.82. The minimum Gasteiger partial charge on any atom is -0.300 e. The van der Waals surface area contributed by atoms with Crippen LogP contribution in [0.15, 0.2) is 0 Å². The predicted molar refractivity (Wildman–Crippen MR) is 67.1 cm³/mol. The van der Waals surface area contributed by atoms with Crippen molar-refractivity contribution in [3.05, 3.63) is 11.1 Å². The molecule has 3 nitrogen and oxygen atoms in total. The lowest BCUT2D eigenvalue weighted by Crippen LogP contribution is -2.38. The summed E-state index contributed by atoms with van der Waals surface area (Å²) in [6, 6.07) is 0. The fraction of sp³-hybridized carbons (Fsp3) is 0.818. The smallest absolute Gasteiger partial charge is 0.225 e. The number of rotatable bonds is 4. The Hall–Kier alpha value is -0.220. The van der Waals surface area contributed by atoms with E-state index >= 15 is 0 Å². The molecule has 1 heterocycles. The van der Waals surface area contributed by atoms with Crippen molar-refractivity contribution in [3.63, 3.8) is 0 Å². The van der Waals surface area contributed by atoms with E-state index in [0.717, 1.165) is 12.4 Å². The molecule has 0 aliphatic heterocycles. The van der Waals surface area contributed by atoms with Crippen molar-refractivity contribution in [2.75, 3.05) is 6.26 Å². The Labute approximate surface area is 105 Å². The zero-order valence-electron chi connectivity index (χ0n) is 9.45. The second kappa shape index (κ2) is 3.91. The zero-order chi connectivity index (χ0) is 11.2. The fourth-order valence-electron chi connectivity index (χ4n) is 2.37. The standard InChI is InChI=1S/C11H16ClN3S/c1-16-11(5-2-6-11)7-15-9(8-3-4-8)13-14-10(15)12/h8H,2-7H2,1H3. The molecule has 2 aliphatic carbocycles. The van der Waals surface area contributed by atoms with Crippen molar-refractivity contribution >= 4 is 23.4 Å². The monoisotopic (exact) mass is 257 g/mol. The lowest BCUT2D eigenvalue weighted by molar-refractivity contribution is 0.318. The quantitative estimate of drug-likeness (QED) is 0.831. The van der Waals surface area contributed by atoms with Crippen LogP contribution in [-0.4, -0.2) is 25.8 Å². The van der Waals surface area contributed by atoms with Crippen molar-refractivity contribution < 1.29 is 0 Å². The summed E-state index contributed by atoms with van der Waals surface area (Å²) < 4.78 is 2.55. The van der Waals surface area contributed by atoms with Crippen molar-refractivity contribution in [1.29, 1.82) is 0 Å². The van der Waals surface area contributed by atoms with Crippen LogP contribution in [0.1, 0.15) is 43.8 Å². The van der Waals surface area contributed by atoms with Crippen molar-refractivity contribution in [1.82, 2.24) is 14.8 Å². The Morgan fingerprint density at radius 2 is 2.19 bits per heavy atom. The first-order valence-electron chi connectivity index (χ1n) is 5.88. The molecule has 2 saturated carbocycles. The van der Waals surface area contributed by atoms with Gasteiger partial charge in [0.05, 0.1) is 0 Å². The third kappa shape index (κ3) is 1.76. The van der Waals surface area contributed by atoms with Gasteiger partial charge in [-0.2, -0.15) is 11.8 Å². The Kier molecular flexibility index (Phi) is 2.67. The molecule has 1 aromatic heterocycles. The molecule has 0 bridgehead atoms. The first-order chi connectivity index (χ1) is 7.74. The summed E-state index contributed by atoms with van der Waals surface area (Å²) in [7, 11) is 0. The Morgan fingerprint density at radius 1 is 1.44 bits per heavy atom. The van der Waals surface area contributed by atoms with E-state index in [1.165, 1.54) is 32.1 Å². The fourth-order valence-corrected chi connectivity index (χ4v) is 3.51. The van der Waals surface area contributed by atoms with Crippen LogP contribution in [-0.2, 0) is 6.54 Å². The third-order valence-electron chi connectivity index (χ3n) is 3.82. The first-order valence-corrected chi connectivity index (χ1v) is 7.48. The van der Waals surface area contributed by atoms with E-state index in [4.69, 9.17) is 11.6 Å². The van der Waals surface area contributed by atoms with E-state index in [9.17, 15) is 0 Å². The van der Waals surface area contributed by atoms with Crippen LogP contribution in [0.5, 0.6) is 0 Å². The summed E-state index contributed by atoms with van der Waals surface area (Å²) in [6.07, 6.45) is 8.65. The molecule has 0 unspecified atom stereocenters. The number of hydrogen-bond donors (Lipinski definition) is 0. The maximum Gasteiger partial charge on any atom is 0.225 e. The van der Waals surface area contributed by atoms with Crippen LogP contribution in [0.4, 0.5) is 0 Å². The molecule has 16 heavy (non-hydrogen) atoms. The van der Waals surface area contributed by atoms with Crippen molar-refractivity contribution in [2.24, 2.45) is 0 Å². The van der Waals surface area contributed by atoms with Crippen LogP contribution in [0.2, 0.25) is 5.28 Å². The summed E-state index contributed by atoms with van der Waals surface area (Å²) in [4.78, 5) is 0. The predicted octanol–water partition coefficient (Wildman–Crippen LogP) is 3.09. The highest BCUT2D eigenvalue weighted by Gasteiger charge is 2.39. The number of aromatic nitrogens is 3. The average molecular weight is 258 g/mol. The van der Waals surface area contributed by atoms with Gasteiger partial charge in [-0.1, -0.05) is 6.42 Å². The van der Waals surface area contributed by atoms with Gasteiger partial charge in [-0.05, 0) is 43.5 Å². The summed E-state index contributed by atoms with van der Waals surface area (Å²) in [5.74, 6) is 1.74. The van der Waals surface area contributed by atoms with Gasteiger partial charge in [-0.25, -0.2) is 0 Å². The maximum absolute atomic E-state index is 6.14. The number of nitrogens with zero attached hydrogens (tertiary/aromatic N) is 3. The van der Waals surface area contributed by atoms with Gasteiger partial charge in [-0.3, -0.25) is 0 Å². The van der Waals surface area contributed by atoms with Gasteiger partial charge in [0.15, 0.2) is 0 Å². The van der Waals surface area contributed by atoms with Gasteiger partial charge >= 0.3 is 0 Å². The number of halogens is 1. The molecule has 0 N–H and O–H groups in total. The van der Waals surface area contributed by atoms with E-state index in [-0.39, 0.29) is 0 Å². The second-order valence-electron chi connectivity index (χ2n) is 4.93. The largest absolute Gasteiger partial charge is 0.300 e. The highest BCUT2D eigenvalue weighted by molar-refractivity contribution is 8.00. The van der Waals surface area contributed by atoms with E-state index in [2.05, 4.69) is 21.0 Å². The number of thioether (sulfide) groups is 1. The molecule has 1 aromatic rings.